The molecule has 0 spiro atoms. The van der Waals surface area contributed by atoms with E-state index in [4.69, 9.17) is 34.5 Å². The van der Waals surface area contributed by atoms with E-state index in [0.717, 1.165) is 27.8 Å². The first kappa shape index (κ1) is 21.2. The monoisotopic (exact) mass is 451 g/mol. The summed E-state index contributed by atoms with van der Waals surface area (Å²) < 4.78 is 5.09. The van der Waals surface area contributed by atoms with E-state index in [0.29, 0.717) is 35.2 Å². The molecule has 3 aromatic rings. The fourth-order valence-corrected chi connectivity index (χ4v) is 4.21. The number of aromatic nitrogens is 1. The fourth-order valence-electron chi connectivity index (χ4n) is 3.91. The quantitative estimate of drug-likeness (QED) is 0.424. The summed E-state index contributed by atoms with van der Waals surface area (Å²) >= 11 is 12.4. The zero-order valence-electron chi connectivity index (χ0n) is 16.8. The highest BCUT2D eigenvalue weighted by molar-refractivity contribution is 6.42. The zero-order valence-corrected chi connectivity index (χ0v) is 18.3. The lowest BCUT2D eigenvalue weighted by molar-refractivity contribution is 0.161. The first-order valence-corrected chi connectivity index (χ1v) is 10.7. The smallest absolute Gasteiger partial charge is 0.411 e. The Labute approximate surface area is 190 Å². The van der Waals surface area contributed by atoms with Crippen molar-refractivity contribution in [1.29, 1.82) is 0 Å². The van der Waals surface area contributed by atoms with Crippen molar-refractivity contribution in [2.24, 2.45) is 0 Å². The van der Waals surface area contributed by atoms with E-state index in [9.17, 15) is 4.79 Å². The van der Waals surface area contributed by atoms with Gasteiger partial charge in [0.25, 0.3) is 0 Å². The molecule has 1 aliphatic rings. The number of carbonyl (C=O) groups is 1. The number of benzene rings is 2. The first-order valence-electron chi connectivity index (χ1n) is 9.90. The molecule has 0 fully saturated rings. The molecule has 1 N–H and O–H groups in total. The van der Waals surface area contributed by atoms with Crippen LogP contribution in [-0.2, 0) is 11.2 Å². The highest BCUT2D eigenvalue weighted by Gasteiger charge is 2.30. The number of pyridine rings is 1. The van der Waals surface area contributed by atoms with Gasteiger partial charge in [0, 0.05) is 12.1 Å². The largest absolute Gasteiger partial charge is 0.449 e. The van der Waals surface area contributed by atoms with Crippen LogP contribution in [0.3, 0.4) is 0 Å². The Hall–Kier alpha value is -3.07. The van der Waals surface area contributed by atoms with Crippen LogP contribution in [0.5, 0.6) is 0 Å². The molecule has 1 amide bonds. The number of fused-ring (bicyclic) bond motifs is 3. The number of hydrogen-bond donors (Lipinski definition) is 1. The summed E-state index contributed by atoms with van der Waals surface area (Å²) in [5.41, 5.74) is 5.12. The van der Waals surface area contributed by atoms with Crippen molar-refractivity contribution < 1.29 is 9.53 Å². The van der Waals surface area contributed by atoms with Crippen LogP contribution < -0.4 is 5.32 Å². The second kappa shape index (κ2) is 8.97. The Morgan fingerprint density at radius 1 is 1.26 bits per heavy atom. The molecule has 5 nitrogen and oxygen atoms in total. The normalized spacial score (nSPS) is 14.2. The molecule has 2 aromatic carbocycles. The van der Waals surface area contributed by atoms with Gasteiger partial charge in [0.1, 0.15) is 5.82 Å². The maximum Gasteiger partial charge on any atom is 0.411 e. The van der Waals surface area contributed by atoms with Crippen LogP contribution in [-0.4, -0.2) is 17.7 Å². The fraction of sp³-hybridized carbons (Fsp3) is 0.208. The standard InChI is InChI=1S/C24H19Cl2N3O2/c1-3-10-31-24(30)29-23-22(27-2)21-15(13-28-23)11-18(16-6-4-5-7-17(16)21)14-8-9-19(25)20(26)12-14/h4-9,12-13,18H,3,10-11H2,1H3,(H,28,29,30). The molecule has 156 valence electrons. The van der Waals surface area contributed by atoms with E-state index in [1.165, 1.54) is 0 Å². The summed E-state index contributed by atoms with van der Waals surface area (Å²) in [6.45, 7) is 9.99. The summed E-state index contributed by atoms with van der Waals surface area (Å²) in [4.78, 5) is 20.1. The number of carbonyl (C=O) groups excluding carboxylic acids is 1. The van der Waals surface area contributed by atoms with Gasteiger partial charge < -0.3 is 4.74 Å². The number of ether oxygens (including phenoxy) is 1. The lowest BCUT2D eigenvalue weighted by Gasteiger charge is -2.29. The van der Waals surface area contributed by atoms with Crippen LogP contribution in [0.15, 0.2) is 48.7 Å². The summed E-state index contributed by atoms with van der Waals surface area (Å²) in [7, 11) is 0. The van der Waals surface area contributed by atoms with E-state index >= 15 is 0 Å². The minimum atomic E-state index is -0.614. The van der Waals surface area contributed by atoms with Crippen molar-refractivity contribution in [3.05, 3.63) is 86.8 Å². The zero-order chi connectivity index (χ0) is 22.0. The van der Waals surface area contributed by atoms with Crippen LogP contribution in [0.4, 0.5) is 16.3 Å². The molecule has 1 aromatic heterocycles. The van der Waals surface area contributed by atoms with E-state index in [1.54, 1.807) is 12.3 Å². The van der Waals surface area contributed by atoms with Crippen molar-refractivity contribution >= 4 is 40.8 Å². The van der Waals surface area contributed by atoms with Gasteiger partial charge in [0.15, 0.2) is 0 Å². The molecule has 1 heterocycles. The molecule has 1 atom stereocenters. The summed E-state index contributed by atoms with van der Waals surface area (Å²) in [5.74, 6) is 0.254. The Bertz CT molecular complexity index is 1200. The summed E-state index contributed by atoms with van der Waals surface area (Å²) in [5, 5.41) is 3.63. The van der Waals surface area contributed by atoms with Crippen LogP contribution >= 0.6 is 23.2 Å². The number of nitrogens with one attached hydrogen (secondary N) is 1. The molecule has 1 aliphatic carbocycles. The van der Waals surface area contributed by atoms with Gasteiger partial charge in [-0.2, -0.15) is 0 Å². The predicted octanol–water partition coefficient (Wildman–Crippen LogP) is 7.25. The lowest BCUT2D eigenvalue weighted by Crippen LogP contribution is -2.17. The van der Waals surface area contributed by atoms with Gasteiger partial charge in [-0.15, -0.1) is 0 Å². The van der Waals surface area contributed by atoms with Gasteiger partial charge in [-0.3, -0.25) is 10.3 Å². The number of anilines is 1. The average Bonchev–Trinajstić information content (AvgIpc) is 2.79. The van der Waals surface area contributed by atoms with Crippen LogP contribution in [0.1, 0.15) is 36.0 Å². The average molecular weight is 452 g/mol. The third-order valence-electron chi connectivity index (χ3n) is 5.28. The Balaban J connectivity index is 1.80. The summed E-state index contributed by atoms with van der Waals surface area (Å²) in [6, 6.07) is 13.6. The van der Waals surface area contributed by atoms with E-state index in [1.807, 2.05) is 37.3 Å². The number of amides is 1. The third-order valence-corrected chi connectivity index (χ3v) is 6.02. The predicted molar refractivity (Wildman–Crippen MR) is 123 cm³/mol. The highest BCUT2D eigenvalue weighted by Crippen LogP contribution is 2.48. The van der Waals surface area contributed by atoms with Gasteiger partial charge in [0.05, 0.1) is 23.2 Å². The van der Waals surface area contributed by atoms with E-state index < -0.39 is 6.09 Å². The lowest BCUT2D eigenvalue weighted by atomic mass is 9.76. The second-order valence-corrected chi connectivity index (χ2v) is 8.06. The molecule has 0 saturated carbocycles. The highest BCUT2D eigenvalue weighted by atomic mass is 35.5. The van der Waals surface area contributed by atoms with Crippen molar-refractivity contribution in [2.45, 2.75) is 25.7 Å². The topological polar surface area (TPSA) is 55.6 Å². The molecule has 31 heavy (non-hydrogen) atoms. The van der Waals surface area contributed by atoms with E-state index in [2.05, 4.69) is 21.2 Å². The number of hydrogen-bond acceptors (Lipinski definition) is 3. The van der Waals surface area contributed by atoms with Crippen molar-refractivity contribution in [3.8, 4) is 11.1 Å². The van der Waals surface area contributed by atoms with Crippen LogP contribution in [0, 0.1) is 6.57 Å². The molecular formula is C24H19Cl2N3O2. The molecular weight excluding hydrogens is 433 g/mol. The minimum Gasteiger partial charge on any atom is -0.449 e. The molecule has 4 rings (SSSR count). The number of halogens is 2. The van der Waals surface area contributed by atoms with Gasteiger partial charge in [-0.1, -0.05) is 60.5 Å². The van der Waals surface area contributed by atoms with Crippen molar-refractivity contribution in [3.63, 3.8) is 0 Å². The second-order valence-electron chi connectivity index (χ2n) is 7.25. The van der Waals surface area contributed by atoms with Gasteiger partial charge >= 0.3 is 6.09 Å². The first-order chi connectivity index (χ1) is 15.0. The maximum atomic E-state index is 12.1. The molecule has 1 unspecified atom stereocenters. The molecule has 7 heteroatoms. The summed E-state index contributed by atoms with van der Waals surface area (Å²) in [6.07, 6.45) is 2.47. The molecule has 0 bridgehead atoms. The van der Waals surface area contributed by atoms with Gasteiger partial charge in [-0.25, -0.2) is 9.64 Å². The molecule has 0 radical (unpaired) electrons. The minimum absolute atomic E-state index is 0.0483. The Kier molecular flexibility index (Phi) is 6.13. The van der Waals surface area contributed by atoms with Crippen LogP contribution in [0.2, 0.25) is 10.0 Å². The third kappa shape index (κ3) is 4.10. The molecule has 0 saturated heterocycles. The van der Waals surface area contributed by atoms with Crippen molar-refractivity contribution in [2.75, 3.05) is 11.9 Å². The Morgan fingerprint density at radius 3 is 2.81 bits per heavy atom. The van der Waals surface area contributed by atoms with Crippen LogP contribution in [0.25, 0.3) is 16.0 Å². The maximum absolute atomic E-state index is 12.1. The number of nitrogens with zero attached hydrogens (tertiary/aromatic N) is 2. The van der Waals surface area contributed by atoms with Gasteiger partial charge in [0.2, 0.25) is 5.69 Å². The number of rotatable bonds is 4. The Morgan fingerprint density at radius 2 is 2.06 bits per heavy atom. The van der Waals surface area contributed by atoms with Crippen molar-refractivity contribution in [1.82, 2.24) is 4.98 Å². The SMILES string of the molecule is [C-]#[N+]c1c(NC(=O)OCCC)ncc2c1-c1ccccc1C(c1ccc(Cl)c(Cl)c1)C2. The van der Waals surface area contributed by atoms with Gasteiger partial charge in [-0.05, 0) is 52.8 Å². The molecule has 0 aliphatic heterocycles. The van der Waals surface area contributed by atoms with E-state index in [-0.39, 0.29) is 11.7 Å².